The van der Waals surface area contributed by atoms with E-state index in [4.69, 9.17) is 0 Å². The number of imide groups is 2. The number of benzene rings is 11. The predicted octanol–water partition coefficient (Wildman–Crippen LogP) is 20.8. The minimum Gasteiger partial charge on any atom is -0.354 e. The molecule has 10 nitrogen and oxygen atoms in total. The average molecular weight is 1180 g/mol. The minimum absolute atomic E-state index is 0.0307. The Morgan fingerprint density at radius 1 is 0.278 bits per heavy atom. The smallest absolute Gasteiger partial charge is 0.268 e. The predicted molar refractivity (Wildman–Crippen MR) is 375 cm³/mol. The number of aromatic amines is 4. The number of fused-ring (bicyclic) bond motifs is 22. The summed E-state index contributed by atoms with van der Waals surface area (Å²) < 4.78 is 0. The summed E-state index contributed by atoms with van der Waals surface area (Å²) in [6.45, 7) is 34.1. The van der Waals surface area contributed by atoms with Crippen molar-refractivity contribution in [1.29, 1.82) is 0 Å². The van der Waals surface area contributed by atoms with Crippen molar-refractivity contribution in [2.45, 2.75) is 134 Å². The molecule has 10 heteroatoms. The van der Waals surface area contributed by atoms with E-state index in [0.717, 1.165) is 164 Å². The number of amides is 4. The highest BCUT2D eigenvalue weighted by atomic mass is 16.2. The third-order valence-electron chi connectivity index (χ3n) is 20.8. The Bertz CT molecular complexity index is 5280. The molecule has 2 aliphatic rings. The Labute approximate surface area is 519 Å². The van der Waals surface area contributed by atoms with Crippen LogP contribution in [0.5, 0.6) is 0 Å². The SMILES string of the molecule is Cc1cc(C)c2c(c1)[nH]c1c3c4c(c5[nH]c6cc(C)cc(C)c6c5c5c4c(c12)c1c2c([nH]c4cc(C)cc(C)c42)c2c4c(c6[nH]c7cc(C)cc(C)c7c6c5c41)C(=O)N(c1c(C(C)C)cccc1C(C)C)C2=O)C(=O)N(c1c(C(C)C)cccc1C(C)C)C3=O. The number of aryl methyl sites for hydroxylation is 8. The molecule has 0 radical (unpaired) electrons. The second kappa shape index (κ2) is 18.0. The normalized spacial score (nSPS) is 14.2. The maximum atomic E-state index is 17.1. The van der Waals surface area contributed by atoms with E-state index in [2.05, 4.69) is 216 Å². The monoisotopic (exact) mass is 1180 g/mol. The topological polar surface area (TPSA) is 138 Å². The van der Waals surface area contributed by atoms with Gasteiger partial charge in [-0.1, -0.05) is 116 Å². The zero-order valence-corrected chi connectivity index (χ0v) is 53.9. The summed E-state index contributed by atoms with van der Waals surface area (Å²) in [6, 6.07) is 29.9. The van der Waals surface area contributed by atoms with Crippen LogP contribution in [-0.2, 0) is 0 Å². The molecule has 0 aliphatic carbocycles. The lowest BCUT2D eigenvalue weighted by atomic mass is 9.76. The molecule has 15 aromatic rings. The standard InChI is InChI=1S/C80H70N6O4/c1-31(2)43-19-17-20-44(32(3)4)75(43)85-77(87)67-61-55-57(63-51-39(13)23-35(9)27-47(51)81-71(63)67)59-56-60(58(55)64-52-40(14)24-36(10)28-48(52)82-72(64)68(61)78(85)88)66-54-42(16)26-38(12)30-50(54)84-74(66)70-62(56)69(73-65(59)53-41(15)25-37(11)29-49(53)83-73)79(89)86(80(70)90)76-45(33(5)6)21-18-22-46(76)34(7)8/h17-34,81-84H,1-16H3. The van der Waals surface area contributed by atoms with Gasteiger partial charge in [-0.05, 0) is 170 Å². The van der Waals surface area contributed by atoms with Gasteiger partial charge in [0.15, 0.2) is 0 Å². The number of hydrogen-bond acceptors (Lipinski definition) is 4. The number of nitrogens with zero attached hydrogens (tertiary/aromatic N) is 2. The van der Waals surface area contributed by atoms with Gasteiger partial charge < -0.3 is 19.9 Å². The highest BCUT2D eigenvalue weighted by molar-refractivity contribution is 6.60. The maximum absolute atomic E-state index is 17.1. The van der Waals surface area contributed by atoms with Gasteiger partial charge in [0.1, 0.15) is 0 Å². The first-order valence-electron chi connectivity index (χ1n) is 32.0. The quantitative estimate of drug-likeness (QED) is 0.0748. The van der Waals surface area contributed by atoms with Gasteiger partial charge in [0.05, 0.1) is 55.7 Å². The van der Waals surface area contributed by atoms with Crippen molar-refractivity contribution in [2.75, 3.05) is 9.80 Å². The molecule has 0 saturated heterocycles. The van der Waals surface area contributed by atoms with Crippen LogP contribution in [0.3, 0.4) is 0 Å². The van der Waals surface area contributed by atoms with Crippen LogP contribution < -0.4 is 9.80 Å². The van der Waals surface area contributed by atoms with E-state index in [0.29, 0.717) is 66.5 Å². The number of para-hydroxylation sites is 2. The highest BCUT2D eigenvalue weighted by Crippen LogP contribution is 2.60. The van der Waals surface area contributed by atoms with Gasteiger partial charge >= 0.3 is 0 Å². The lowest BCUT2D eigenvalue weighted by Crippen LogP contribution is -2.42. The van der Waals surface area contributed by atoms with Gasteiger partial charge in [0, 0.05) is 108 Å². The number of hydrogen-bond donors (Lipinski definition) is 4. The van der Waals surface area contributed by atoms with Crippen LogP contribution in [0.4, 0.5) is 11.4 Å². The zero-order valence-electron chi connectivity index (χ0n) is 53.9. The van der Waals surface area contributed by atoms with E-state index in [1.165, 1.54) is 9.80 Å². The van der Waals surface area contributed by atoms with Gasteiger partial charge in [0.2, 0.25) is 0 Å². The van der Waals surface area contributed by atoms with Crippen molar-refractivity contribution in [1.82, 2.24) is 19.9 Å². The average Bonchev–Trinajstić information content (AvgIpc) is 1.24. The van der Waals surface area contributed by atoms with E-state index < -0.39 is 23.6 Å². The van der Waals surface area contributed by atoms with Crippen molar-refractivity contribution in [3.05, 3.63) is 174 Å². The number of nitrogens with one attached hydrogen (secondary N) is 4. The Morgan fingerprint density at radius 3 is 0.700 bits per heavy atom. The second-order valence-corrected chi connectivity index (χ2v) is 28.1. The molecular formula is C80H70N6O4. The van der Waals surface area contributed by atoms with Gasteiger partial charge in [-0.15, -0.1) is 0 Å². The van der Waals surface area contributed by atoms with Crippen LogP contribution in [-0.4, -0.2) is 43.6 Å². The Kier molecular flexibility index (Phi) is 10.8. The number of carbonyl (C=O) groups excluding carboxylic acids is 4. The molecule has 17 rings (SSSR count). The molecule has 0 spiro atoms. The first kappa shape index (κ1) is 54.4. The number of H-pyrrole nitrogens is 4. The summed E-state index contributed by atoms with van der Waals surface area (Å²) in [7, 11) is 0. The first-order chi connectivity index (χ1) is 43.0. The molecule has 0 fully saturated rings. The van der Waals surface area contributed by atoms with Gasteiger partial charge in [-0.2, -0.15) is 0 Å². The molecular weight excluding hydrogens is 1110 g/mol. The van der Waals surface area contributed by atoms with Crippen LogP contribution in [0.25, 0.3) is 130 Å². The van der Waals surface area contributed by atoms with E-state index in [1.54, 1.807) is 0 Å². The van der Waals surface area contributed by atoms with E-state index in [9.17, 15) is 0 Å². The lowest BCUT2D eigenvalue weighted by Gasteiger charge is -2.35. The second-order valence-electron chi connectivity index (χ2n) is 28.1. The van der Waals surface area contributed by atoms with Gasteiger partial charge in [-0.25, -0.2) is 9.80 Å². The minimum atomic E-state index is -0.393. The van der Waals surface area contributed by atoms with Crippen LogP contribution in [0.2, 0.25) is 0 Å². The zero-order chi connectivity index (χ0) is 62.8. The fraction of sp³-hybridized carbons (Fsp3) is 0.250. The van der Waals surface area contributed by atoms with E-state index in [-0.39, 0.29) is 23.7 Å². The van der Waals surface area contributed by atoms with Crippen molar-refractivity contribution in [2.24, 2.45) is 0 Å². The highest BCUT2D eigenvalue weighted by Gasteiger charge is 2.47. The van der Waals surface area contributed by atoms with Gasteiger partial charge in [0.25, 0.3) is 23.6 Å². The largest absolute Gasteiger partial charge is 0.354 e. The number of rotatable bonds is 6. The molecule has 4 N–H and O–H groups in total. The molecule has 4 aromatic heterocycles. The van der Waals surface area contributed by atoms with Crippen LogP contribution in [0.1, 0.15) is 187 Å². The van der Waals surface area contributed by atoms with Crippen molar-refractivity contribution in [3.8, 4) is 0 Å². The van der Waals surface area contributed by atoms with Crippen molar-refractivity contribution < 1.29 is 19.2 Å². The van der Waals surface area contributed by atoms with Crippen LogP contribution in [0, 0.1) is 55.4 Å². The molecule has 4 amide bonds. The third-order valence-corrected chi connectivity index (χ3v) is 20.8. The number of aromatic nitrogens is 4. The van der Waals surface area contributed by atoms with E-state index in [1.807, 2.05) is 0 Å². The lowest BCUT2D eigenvalue weighted by molar-refractivity contribution is 0.0878. The summed E-state index contributed by atoms with van der Waals surface area (Å²) in [6.07, 6.45) is 0. The van der Waals surface area contributed by atoms with Crippen molar-refractivity contribution >= 4 is 165 Å². The molecule has 444 valence electrons. The summed E-state index contributed by atoms with van der Waals surface area (Å²) in [4.78, 5) is 87.3. The van der Waals surface area contributed by atoms with Crippen LogP contribution >= 0.6 is 0 Å². The first-order valence-corrected chi connectivity index (χ1v) is 32.0. The van der Waals surface area contributed by atoms with Crippen LogP contribution in [0.15, 0.2) is 84.9 Å². The molecule has 6 heterocycles. The summed E-state index contributed by atoms with van der Waals surface area (Å²) in [5.74, 6) is -1.70. The summed E-state index contributed by atoms with van der Waals surface area (Å²) in [5.41, 5.74) is 20.9. The molecule has 90 heavy (non-hydrogen) atoms. The molecule has 11 aromatic carbocycles. The fourth-order valence-corrected chi connectivity index (χ4v) is 17.6. The molecule has 0 unspecified atom stereocenters. The third kappa shape index (κ3) is 6.58. The maximum Gasteiger partial charge on any atom is 0.268 e. The summed E-state index contributed by atoms with van der Waals surface area (Å²) in [5, 5.41) is 13.4. The molecule has 0 saturated carbocycles. The van der Waals surface area contributed by atoms with Gasteiger partial charge in [-0.3, -0.25) is 19.2 Å². The Balaban J connectivity index is 1.25. The number of carbonyl (C=O) groups is 4. The Morgan fingerprint density at radius 2 is 0.489 bits per heavy atom. The summed E-state index contributed by atoms with van der Waals surface area (Å²) >= 11 is 0. The van der Waals surface area contributed by atoms with Crippen molar-refractivity contribution in [3.63, 3.8) is 0 Å². The fourth-order valence-electron chi connectivity index (χ4n) is 17.6. The Hall–Kier alpha value is -9.80. The molecule has 2 aliphatic heterocycles. The molecule has 0 bridgehead atoms. The number of anilines is 2. The molecule has 0 atom stereocenters. The van der Waals surface area contributed by atoms with E-state index >= 15 is 19.2 Å².